The van der Waals surface area contributed by atoms with Gasteiger partial charge in [-0.3, -0.25) is 10.1 Å². The van der Waals surface area contributed by atoms with Gasteiger partial charge in [0, 0.05) is 5.56 Å². The largest absolute Gasteiger partial charge is 0.298 e. The lowest BCUT2D eigenvalue weighted by atomic mass is 10.2. The molecule has 7 heteroatoms. The van der Waals surface area contributed by atoms with Gasteiger partial charge in [0.15, 0.2) is 5.13 Å². The van der Waals surface area contributed by atoms with E-state index in [1.165, 1.54) is 29.5 Å². The quantitative estimate of drug-likeness (QED) is 0.578. The van der Waals surface area contributed by atoms with Crippen molar-refractivity contribution in [1.29, 1.82) is 0 Å². The second-order valence-electron chi connectivity index (χ2n) is 4.98. The Bertz CT molecular complexity index is 1050. The first-order valence-corrected chi connectivity index (χ1v) is 8.47. The maximum atomic E-state index is 13.2. The third kappa shape index (κ3) is 2.58. The first kappa shape index (κ1) is 14.2. The van der Waals surface area contributed by atoms with Gasteiger partial charge in [0.25, 0.3) is 5.91 Å². The average molecular weight is 343 g/mol. The zero-order valence-electron chi connectivity index (χ0n) is 12.0. The van der Waals surface area contributed by atoms with Crippen LogP contribution in [0.25, 0.3) is 20.4 Å². The summed E-state index contributed by atoms with van der Waals surface area (Å²) >= 11 is 3.01. The van der Waals surface area contributed by atoms with Crippen molar-refractivity contribution in [2.24, 2.45) is 0 Å². The van der Waals surface area contributed by atoms with E-state index in [2.05, 4.69) is 15.3 Å². The Morgan fingerprint density at radius 2 is 1.83 bits per heavy atom. The Balaban J connectivity index is 1.72. The number of rotatable bonds is 2. The van der Waals surface area contributed by atoms with Crippen molar-refractivity contribution in [1.82, 2.24) is 9.97 Å². The van der Waals surface area contributed by atoms with E-state index in [0.29, 0.717) is 5.13 Å². The van der Waals surface area contributed by atoms with E-state index in [-0.39, 0.29) is 11.5 Å². The molecule has 0 atom stereocenters. The number of hydrogen-bond donors (Lipinski definition) is 1. The van der Waals surface area contributed by atoms with Gasteiger partial charge in [-0.1, -0.05) is 17.4 Å². The van der Waals surface area contributed by atoms with Gasteiger partial charge in [-0.25, -0.2) is 14.4 Å². The molecular weight excluding hydrogens is 333 g/mol. The van der Waals surface area contributed by atoms with Crippen LogP contribution in [0.1, 0.15) is 15.4 Å². The first-order chi connectivity index (χ1) is 11.1. The summed E-state index contributed by atoms with van der Waals surface area (Å²) in [4.78, 5) is 21.1. The fourth-order valence-electron chi connectivity index (χ4n) is 2.34. The van der Waals surface area contributed by atoms with Gasteiger partial charge >= 0.3 is 0 Å². The molecule has 0 aliphatic rings. The monoisotopic (exact) mass is 343 g/mol. The van der Waals surface area contributed by atoms with Crippen LogP contribution in [0.5, 0.6) is 0 Å². The van der Waals surface area contributed by atoms with Crippen LogP contribution in [0.3, 0.4) is 0 Å². The highest BCUT2D eigenvalue weighted by molar-refractivity contribution is 7.28. The normalized spacial score (nSPS) is 11.2. The molecule has 0 aliphatic carbocycles. The molecule has 4 nitrogen and oxygen atoms in total. The maximum absolute atomic E-state index is 13.2. The fourth-order valence-corrected chi connectivity index (χ4v) is 4.34. The van der Waals surface area contributed by atoms with Crippen LogP contribution in [0.2, 0.25) is 0 Å². The van der Waals surface area contributed by atoms with Gasteiger partial charge in [0.05, 0.1) is 25.4 Å². The Morgan fingerprint density at radius 1 is 1.09 bits per heavy atom. The number of nitrogens with one attached hydrogen (secondary N) is 1. The molecule has 0 spiro atoms. The lowest BCUT2D eigenvalue weighted by molar-refractivity contribution is 0.102. The Morgan fingerprint density at radius 3 is 2.61 bits per heavy atom. The summed E-state index contributed by atoms with van der Waals surface area (Å²) in [6.45, 7) is 1.96. The summed E-state index contributed by atoms with van der Waals surface area (Å²) in [5.74, 6) is -0.816. The van der Waals surface area contributed by atoms with Crippen LogP contribution in [0.4, 0.5) is 9.52 Å². The molecule has 0 saturated carbocycles. The number of amides is 1. The van der Waals surface area contributed by atoms with Crippen LogP contribution >= 0.6 is 22.7 Å². The lowest BCUT2D eigenvalue weighted by Crippen LogP contribution is -2.11. The van der Waals surface area contributed by atoms with Crippen molar-refractivity contribution in [2.75, 3.05) is 5.32 Å². The van der Waals surface area contributed by atoms with Gasteiger partial charge in [0.2, 0.25) is 0 Å². The number of benzene rings is 2. The highest BCUT2D eigenvalue weighted by Gasteiger charge is 2.13. The third-order valence-electron chi connectivity index (χ3n) is 3.33. The van der Waals surface area contributed by atoms with Crippen LogP contribution < -0.4 is 5.32 Å². The number of carbonyl (C=O) groups excluding carboxylic acids is 1. The summed E-state index contributed by atoms with van der Waals surface area (Å²) in [6, 6.07) is 9.40. The topological polar surface area (TPSA) is 54.9 Å². The molecule has 114 valence electrons. The van der Waals surface area contributed by atoms with E-state index in [1.807, 2.05) is 19.1 Å². The molecule has 0 fully saturated rings. The Hall–Kier alpha value is -2.38. The van der Waals surface area contributed by atoms with Crippen molar-refractivity contribution in [3.63, 3.8) is 0 Å². The SMILES string of the molecule is Cc1nc2ccc3nc(NC(=O)c4cccc(F)c4)sc3c2s1. The number of thiazole rings is 2. The van der Waals surface area contributed by atoms with E-state index in [1.54, 1.807) is 17.4 Å². The molecule has 0 unspecified atom stereocenters. The second-order valence-corrected chi connectivity index (χ2v) is 7.18. The molecule has 1 amide bonds. The molecule has 0 radical (unpaired) electrons. The summed E-state index contributed by atoms with van der Waals surface area (Å²) < 4.78 is 15.3. The third-order valence-corrected chi connectivity index (χ3v) is 5.46. The molecule has 4 aromatic rings. The number of carbonyl (C=O) groups is 1. The molecular formula is C16H10FN3OS2. The fraction of sp³-hybridized carbons (Fsp3) is 0.0625. The predicted octanol–water partition coefficient (Wildman–Crippen LogP) is 4.61. The van der Waals surface area contributed by atoms with Crippen molar-refractivity contribution in [3.8, 4) is 0 Å². The van der Waals surface area contributed by atoms with Crippen molar-refractivity contribution >= 4 is 54.1 Å². The van der Waals surface area contributed by atoms with Crippen molar-refractivity contribution in [2.45, 2.75) is 6.92 Å². The Kier molecular flexibility index (Phi) is 3.32. The number of aryl methyl sites for hydroxylation is 1. The molecule has 0 bridgehead atoms. The standard InChI is InChI=1S/C16H10FN3OS2/c1-8-18-11-5-6-12-14(13(11)22-8)23-16(19-12)20-15(21)9-3-2-4-10(17)7-9/h2-7H,1H3,(H,19,20,21). The maximum Gasteiger partial charge on any atom is 0.257 e. The van der Waals surface area contributed by atoms with Crippen molar-refractivity contribution in [3.05, 3.63) is 52.8 Å². The number of aromatic nitrogens is 2. The van der Waals surface area contributed by atoms with Gasteiger partial charge in [-0.05, 0) is 37.3 Å². The van der Waals surface area contributed by atoms with Gasteiger partial charge < -0.3 is 0 Å². The summed E-state index contributed by atoms with van der Waals surface area (Å²) in [6.07, 6.45) is 0. The highest BCUT2D eigenvalue weighted by atomic mass is 32.1. The number of nitrogens with zero attached hydrogens (tertiary/aromatic N) is 2. The molecule has 0 aliphatic heterocycles. The van der Waals surface area contributed by atoms with Crippen LogP contribution in [-0.4, -0.2) is 15.9 Å². The molecule has 2 aromatic carbocycles. The van der Waals surface area contributed by atoms with E-state index in [4.69, 9.17) is 0 Å². The molecule has 23 heavy (non-hydrogen) atoms. The lowest BCUT2D eigenvalue weighted by Gasteiger charge is -2.01. The van der Waals surface area contributed by atoms with Crippen LogP contribution in [-0.2, 0) is 0 Å². The minimum absolute atomic E-state index is 0.267. The smallest absolute Gasteiger partial charge is 0.257 e. The first-order valence-electron chi connectivity index (χ1n) is 6.84. The second kappa shape index (κ2) is 5.36. The minimum atomic E-state index is -0.441. The molecule has 2 aromatic heterocycles. The number of hydrogen-bond acceptors (Lipinski definition) is 5. The summed E-state index contributed by atoms with van der Waals surface area (Å²) in [5.41, 5.74) is 2.02. The van der Waals surface area contributed by atoms with E-state index < -0.39 is 5.82 Å². The zero-order valence-corrected chi connectivity index (χ0v) is 13.6. The van der Waals surface area contributed by atoms with Crippen molar-refractivity contribution < 1.29 is 9.18 Å². The number of fused-ring (bicyclic) bond motifs is 3. The van der Waals surface area contributed by atoms with Crippen LogP contribution in [0, 0.1) is 12.7 Å². The van der Waals surface area contributed by atoms with Gasteiger partial charge in [0.1, 0.15) is 5.82 Å². The molecule has 2 heterocycles. The minimum Gasteiger partial charge on any atom is -0.298 e. The highest BCUT2D eigenvalue weighted by Crippen LogP contribution is 2.35. The summed E-state index contributed by atoms with van der Waals surface area (Å²) in [5, 5.41) is 4.22. The molecule has 1 N–H and O–H groups in total. The number of anilines is 1. The molecule has 4 rings (SSSR count). The Labute approximate surface area is 138 Å². The average Bonchev–Trinajstić information content (AvgIpc) is 3.08. The van der Waals surface area contributed by atoms with Crippen LogP contribution in [0.15, 0.2) is 36.4 Å². The number of halogens is 1. The van der Waals surface area contributed by atoms with E-state index in [0.717, 1.165) is 25.4 Å². The van der Waals surface area contributed by atoms with E-state index in [9.17, 15) is 9.18 Å². The summed E-state index contributed by atoms with van der Waals surface area (Å²) in [7, 11) is 0. The zero-order chi connectivity index (χ0) is 16.0. The predicted molar refractivity (Wildman–Crippen MR) is 91.9 cm³/mol. The van der Waals surface area contributed by atoms with Gasteiger partial charge in [-0.15, -0.1) is 11.3 Å². The molecule has 0 saturated heterocycles. The van der Waals surface area contributed by atoms with E-state index >= 15 is 0 Å². The van der Waals surface area contributed by atoms with Gasteiger partial charge in [-0.2, -0.15) is 0 Å².